The number of rotatable bonds is 5. The summed E-state index contributed by atoms with van der Waals surface area (Å²) < 4.78 is 13.9. The van der Waals surface area contributed by atoms with Crippen molar-refractivity contribution in [2.24, 2.45) is 15.7 Å². The van der Waals surface area contributed by atoms with Crippen molar-refractivity contribution in [3.8, 4) is 0 Å². The van der Waals surface area contributed by atoms with Gasteiger partial charge in [0.05, 0.1) is 6.54 Å². The molecule has 0 saturated heterocycles. The van der Waals surface area contributed by atoms with Gasteiger partial charge in [-0.2, -0.15) is 0 Å². The van der Waals surface area contributed by atoms with Gasteiger partial charge in [-0.05, 0) is 30.5 Å². The van der Waals surface area contributed by atoms with E-state index in [9.17, 15) is 9.18 Å². The molecule has 0 saturated carbocycles. The average molecular weight is 357 g/mol. The van der Waals surface area contributed by atoms with Crippen LogP contribution in [0.15, 0.2) is 46.5 Å². The molecule has 1 aromatic carbocycles. The molecule has 25 heavy (non-hydrogen) atoms. The van der Waals surface area contributed by atoms with Crippen LogP contribution in [0.3, 0.4) is 0 Å². The number of aliphatic imine (C=N–C) groups is 2. The number of amidine groups is 1. The third-order valence-electron chi connectivity index (χ3n) is 3.58. The maximum absolute atomic E-state index is 13.9. The molecule has 0 radical (unpaired) electrons. The van der Waals surface area contributed by atoms with Crippen molar-refractivity contribution in [3.63, 3.8) is 0 Å². The molecule has 0 spiro atoms. The van der Waals surface area contributed by atoms with Crippen molar-refractivity contribution >= 4 is 34.7 Å². The molecule has 2 aromatic rings. The van der Waals surface area contributed by atoms with Crippen LogP contribution in [0, 0.1) is 5.82 Å². The molecule has 0 fully saturated rings. The first-order valence-electron chi connectivity index (χ1n) is 7.50. The third-order valence-corrected chi connectivity index (χ3v) is 4.12. The van der Waals surface area contributed by atoms with E-state index >= 15 is 0 Å². The van der Waals surface area contributed by atoms with Crippen LogP contribution in [0.5, 0.6) is 0 Å². The molecule has 1 aliphatic rings. The molecule has 8 heteroatoms. The number of hydrogen-bond acceptors (Lipinski definition) is 5. The van der Waals surface area contributed by atoms with E-state index in [1.165, 1.54) is 30.0 Å². The third kappa shape index (κ3) is 4.42. The number of hydrogen-bond donors (Lipinski definition) is 2. The van der Waals surface area contributed by atoms with Crippen molar-refractivity contribution < 1.29 is 9.18 Å². The Morgan fingerprint density at radius 3 is 2.84 bits per heavy atom. The van der Waals surface area contributed by atoms with E-state index in [0.29, 0.717) is 16.4 Å². The van der Waals surface area contributed by atoms with Gasteiger partial charge >= 0.3 is 0 Å². The van der Waals surface area contributed by atoms with E-state index in [1.54, 1.807) is 18.5 Å². The van der Waals surface area contributed by atoms with Gasteiger partial charge in [0.2, 0.25) is 0 Å². The molecule has 1 unspecified atom stereocenters. The molecular weight excluding hydrogens is 341 g/mol. The van der Waals surface area contributed by atoms with Gasteiger partial charge in [-0.25, -0.2) is 4.39 Å². The van der Waals surface area contributed by atoms with E-state index in [1.807, 2.05) is 12.3 Å². The predicted octanol–water partition coefficient (Wildman–Crippen LogP) is 2.78. The van der Waals surface area contributed by atoms with Gasteiger partial charge in [0, 0.05) is 29.2 Å². The molecule has 0 bridgehead atoms. The summed E-state index contributed by atoms with van der Waals surface area (Å²) in [5.74, 6) is -0.768. The Morgan fingerprint density at radius 2 is 2.20 bits per heavy atom. The number of anilines is 1. The Morgan fingerprint density at radius 1 is 1.40 bits per heavy atom. The van der Waals surface area contributed by atoms with Crippen LogP contribution in [0.1, 0.15) is 27.7 Å². The van der Waals surface area contributed by atoms with Gasteiger partial charge in [-0.3, -0.25) is 19.8 Å². The van der Waals surface area contributed by atoms with Crippen LogP contribution < -0.4 is 11.1 Å². The molecule has 1 aliphatic heterocycles. The van der Waals surface area contributed by atoms with Crippen LogP contribution in [0.2, 0.25) is 0 Å². The maximum atomic E-state index is 13.9. The molecule has 6 nitrogen and oxygen atoms in total. The Hall–Kier alpha value is -2.74. The quantitative estimate of drug-likeness (QED) is 0.636. The summed E-state index contributed by atoms with van der Waals surface area (Å²) in [6, 6.07) is 7.87. The second-order valence-corrected chi connectivity index (χ2v) is 6.17. The summed E-state index contributed by atoms with van der Waals surface area (Å²) in [6.07, 6.45) is 5.23. The van der Waals surface area contributed by atoms with Crippen molar-refractivity contribution in [1.29, 1.82) is 0 Å². The minimum atomic E-state index is -0.400. The minimum Gasteiger partial charge on any atom is -0.379 e. The largest absolute Gasteiger partial charge is 0.379 e. The van der Waals surface area contributed by atoms with Crippen LogP contribution in [-0.2, 0) is 6.54 Å². The van der Waals surface area contributed by atoms with Crippen LogP contribution in [0.4, 0.5) is 10.1 Å². The zero-order valence-electron chi connectivity index (χ0n) is 13.4. The lowest BCUT2D eigenvalue weighted by molar-refractivity contribution is 0.102. The molecule has 2 heterocycles. The summed E-state index contributed by atoms with van der Waals surface area (Å²) in [5, 5.41) is 3.08. The number of pyridine rings is 1. The van der Waals surface area contributed by atoms with Crippen molar-refractivity contribution in [2.75, 3.05) is 11.6 Å². The van der Waals surface area contributed by atoms with Gasteiger partial charge in [0.25, 0.3) is 5.91 Å². The van der Waals surface area contributed by atoms with Crippen molar-refractivity contribution in [1.82, 2.24) is 4.98 Å². The summed E-state index contributed by atoms with van der Waals surface area (Å²) in [6.45, 7) is 0.108. The molecule has 1 aromatic heterocycles. The molecule has 3 N–H and O–H groups in total. The number of carbonyl (C=O) groups excluding carboxylic acids is 1. The number of aromatic nitrogens is 1. The van der Waals surface area contributed by atoms with Gasteiger partial charge in [0.1, 0.15) is 17.6 Å². The molecule has 128 valence electrons. The highest BCUT2D eigenvalue weighted by Gasteiger charge is 2.17. The smallest absolute Gasteiger partial charge is 0.274 e. The monoisotopic (exact) mass is 357 g/mol. The highest BCUT2D eigenvalue weighted by atomic mass is 32.2. The Kier molecular flexibility index (Phi) is 5.08. The van der Waals surface area contributed by atoms with Crippen molar-refractivity contribution in [2.45, 2.75) is 12.6 Å². The van der Waals surface area contributed by atoms with Crippen LogP contribution >= 0.6 is 11.8 Å². The first kappa shape index (κ1) is 17.1. The van der Waals surface area contributed by atoms with E-state index in [2.05, 4.69) is 20.3 Å². The van der Waals surface area contributed by atoms with Gasteiger partial charge in [-0.1, -0.05) is 17.8 Å². The Labute approximate surface area is 148 Å². The second kappa shape index (κ2) is 7.43. The van der Waals surface area contributed by atoms with E-state index in [4.69, 9.17) is 5.73 Å². The molecular formula is C17H16FN5OS. The SMILES string of the molecule is CSC(N)=NCc1cc(NC(=O)c2ccc(C3C=N3)cn2)ccc1F. The fraction of sp³-hybridized carbons (Fsp3) is 0.176. The Bertz CT molecular complexity index is 845. The minimum absolute atomic E-state index is 0.0959. The number of nitrogens with one attached hydrogen (secondary N) is 1. The van der Waals surface area contributed by atoms with Crippen LogP contribution in [0.25, 0.3) is 0 Å². The highest BCUT2D eigenvalue weighted by Crippen LogP contribution is 2.23. The van der Waals surface area contributed by atoms with Gasteiger partial charge < -0.3 is 11.1 Å². The maximum Gasteiger partial charge on any atom is 0.274 e. The number of carbonyl (C=O) groups is 1. The lowest BCUT2D eigenvalue weighted by Gasteiger charge is -2.08. The number of nitrogens with zero attached hydrogens (tertiary/aromatic N) is 3. The molecule has 0 aliphatic carbocycles. The summed E-state index contributed by atoms with van der Waals surface area (Å²) in [7, 11) is 0. The molecule has 1 amide bonds. The number of amides is 1. The van der Waals surface area contributed by atoms with Gasteiger partial charge in [-0.15, -0.1) is 0 Å². The normalized spacial score (nSPS) is 15.9. The highest BCUT2D eigenvalue weighted by molar-refractivity contribution is 8.13. The van der Waals surface area contributed by atoms with E-state index in [-0.39, 0.29) is 24.2 Å². The lowest BCUT2D eigenvalue weighted by atomic mass is 10.1. The number of halogens is 1. The first-order chi connectivity index (χ1) is 12.1. The molecule has 1 atom stereocenters. The zero-order chi connectivity index (χ0) is 17.8. The average Bonchev–Trinajstić information content (AvgIpc) is 3.47. The predicted molar refractivity (Wildman–Crippen MR) is 98.7 cm³/mol. The molecule has 3 rings (SSSR count). The summed E-state index contributed by atoms with van der Waals surface area (Å²) >= 11 is 1.29. The zero-order valence-corrected chi connectivity index (χ0v) is 14.3. The fourth-order valence-corrected chi connectivity index (χ4v) is 2.32. The lowest BCUT2D eigenvalue weighted by Crippen LogP contribution is -2.14. The van der Waals surface area contributed by atoms with E-state index < -0.39 is 5.82 Å². The van der Waals surface area contributed by atoms with Gasteiger partial charge in [0.15, 0.2) is 5.17 Å². The summed E-state index contributed by atoms with van der Waals surface area (Å²) in [5.41, 5.74) is 7.65. The van der Waals surface area contributed by atoms with Crippen molar-refractivity contribution in [3.05, 3.63) is 59.2 Å². The number of nitrogens with two attached hydrogens (primary N) is 1. The summed E-state index contributed by atoms with van der Waals surface area (Å²) in [4.78, 5) is 24.5. The number of thioether (sulfide) groups is 1. The first-order valence-corrected chi connectivity index (χ1v) is 8.72. The number of benzene rings is 1. The second-order valence-electron chi connectivity index (χ2n) is 5.34. The topological polar surface area (TPSA) is 92.7 Å². The fourth-order valence-electron chi connectivity index (χ4n) is 2.13. The standard InChI is InChI=1S/C17H16FN5OS/c1-25-17(19)22-8-11-6-12(3-4-13(11)18)23-16(24)14-5-2-10(7-20-14)15-9-21-15/h2-7,9,15H,8H2,1H3,(H2,19,22)(H,23,24). The van der Waals surface area contributed by atoms with Crippen LogP contribution in [-0.4, -0.2) is 28.5 Å². The Balaban J connectivity index is 1.70. The van der Waals surface area contributed by atoms with E-state index in [0.717, 1.165) is 5.56 Å².